The molecule has 0 spiro atoms. The van der Waals surface area contributed by atoms with Crippen LogP contribution in [0.4, 0.5) is 14.5 Å². The van der Waals surface area contributed by atoms with Crippen molar-refractivity contribution in [2.75, 3.05) is 0 Å². The Balaban J connectivity index is 1.20. The normalized spacial score (nSPS) is 23.6. The van der Waals surface area contributed by atoms with E-state index in [1.54, 1.807) is 6.08 Å². The van der Waals surface area contributed by atoms with Gasteiger partial charge in [-0.15, -0.1) is 0 Å². The van der Waals surface area contributed by atoms with Gasteiger partial charge in [-0.1, -0.05) is 85.8 Å². The Kier molecular flexibility index (Phi) is 6.36. The highest BCUT2D eigenvalue weighted by Crippen LogP contribution is 2.48. The maximum atomic E-state index is 13.7. The van der Waals surface area contributed by atoms with Gasteiger partial charge in [0, 0.05) is 17.4 Å². The van der Waals surface area contributed by atoms with Crippen LogP contribution in [-0.2, 0) is 24.2 Å². The zero-order chi connectivity index (χ0) is 29.1. The van der Waals surface area contributed by atoms with E-state index < -0.39 is 12.3 Å². The fourth-order valence-corrected chi connectivity index (χ4v) is 7.50. The summed E-state index contributed by atoms with van der Waals surface area (Å²) in [6, 6.07) is 27.8. The molecule has 4 atom stereocenters. The summed E-state index contributed by atoms with van der Waals surface area (Å²) in [4.78, 5) is 10.3. The molecule has 2 aliphatic heterocycles. The standard InChI is InChI=1S/C38H31F2N2O/c1-22-11-15-27-26-16-14-24-12-13-25(38(39)40)19-31(24)28(26)17-18-29(27)34(22)36-37-35(30-9-5-6-10-32(30)42-37)33(20-41-36)43-21-23-7-3-2-4-8-23/h2-5,7-10,12-14,16-18,20,22,25,34,36,38H,11,15,19,21H2,1H3. The molecule has 0 saturated heterocycles. The summed E-state index contributed by atoms with van der Waals surface area (Å²) in [5, 5.41) is 2.29. The molecular weight excluding hydrogens is 538 g/mol. The molecule has 0 amide bonds. The van der Waals surface area contributed by atoms with Crippen molar-refractivity contribution in [3.8, 4) is 0 Å². The minimum atomic E-state index is -2.36. The molecule has 213 valence electrons. The van der Waals surface area contributed by atoms with Gasteiger partial charge in [0.2, 0.25) is 6.43 Å². The van der Waals surface area contributed by atoms with Gasteiger partial charge in [0.15, 0.2) is 0 Å². The molecule has 2 heterocycles. The number of fused-ring (bicyclic) bond motifs is 8. The minimum Gasteiger partial charge on any atom is -0.487 e. The first-order chi connectivity index (χ1) is 21.1. The van der Waals surface area contributed by atoms with Gasteiger partial charge in [-0.05, 0) is 75.9 Å². The number of halogens is 2. The summed E-state index contributed by atoms with van der Waals surface area (Å²) < 4.78 is 33.7. The lowest BCUT2D eigenvalue weighted by molar-refractivity contribution is 0.100. The predicted octanol–water partition coefficient (Wildman–Crippen LogP) is 8.92. The van der Waals surface area contributed by atoms with Crippen LogP contribution in [0.2, 0.25) is 0 Å². The van der Waals surface area contributed by atoms with Gasteiger partial charge in [-0.2, -0.15) is 0 Å². The molecule has 4 aromatic rings. The summed E-state index contributed by atoms with van der Waals surface area (Å²) >= 11 is 0. The van der Waals surface area contributed by atoms with Gasteiger partial charge in [-0.3, -0.25) is 4.99 Å². The molecule has 5 heteroatoms. The number of aliphatic imine (C=N–C) groups is 2. The van der Waals surface area contributed by atoms with Crippen molar-refractivity contribution >= 4 is 40.0 Å². The average molecular weight is 570 g/mol. The predicted molar refractivity (Wildman–Crippen MR) is 169 cm³/mol. The molecule has 0 fully saturated rings. The molecule has 4 aliphatic rings. The van der Waals surface area contributed by atoms with Crippen molar-refractivity contribution in [2.45, 2.75) is 51.2 Å². The number of rotatable bonds is 5. The largest absolute Gasteiger partial charge is 0.487 e. The molecule has 4 unspecified atom stereocenters. The number of hydrogen-bond donors (Lipinski definition) is 0. The number of dihydropyridines is 1. The summed E-state index contributed by atoms with van der Waals surface area (Å²) in [7, 11) is 0. The van der Waals surface area contributed by atoms with E-state index >= 15 is 0 Å². The van der Waals surface area contributed by atoms with E-state index in [9.17, 15) is 8.78 Å². The maximum Gasteiger partial charge on any atom is 0.245 e. The first kappa shape index (κ1) is 26.3. The first-order valence-corrected chi connectivity index (χ1v) is 15.1. The number of ether oxygens (including phenoxy) is 1. The van der Waals surface area contributed by atoms with Crippen LogP contribution >= 0.6 is 0 Å². The number of alkyl halides is 2. The van der Waals surface area contributed by atoms with Crippen LogP contribution in [0.15, 0.2) is 94.6 Å². The van der Waals surface area contributed by atoms with Crippen molar-refractivity contribution in [1.82, 2.24) is 0 Å². The van der Waals surface area contributed by atoms with E-state index in [1.165, 1.54) is 16.5 Å². The van der Waals surface area contributed by atoms with Crippen LogP contribution in [0.25, 0.3) is 22.4 Å². The van der Waals surface area contributed by atoms with Crippen LogP contribution in [0.3, 0.4) is 0 Å². The Morgan fingerprint density at radius 1 is 1.00 bits per heavy atom. The fourth-order valence-electron chi connectivity index (χ4n) is 7.50. The van der Waals surface area contributed by atoms with E-state index in [0.29, 0.717) is 18.9 Å². The summed E-state index contributed by atoms with van der Waals surface area (Å²) in [5.41, 5.74) is 9.75. The van der Waals surface area contributed by atoms with Crippen LogP contribution < -0.4 is 0 Å². The van der Waals surface area contributed by atoms with Crippen LogP contribution in [0, 0.1) is 17.9 Å². The SMILES string of the molecule is CC1CCc2c(ccc3c4c(ccc23)C=CC(C(F)F)C4)C1C1N=CC(OCc2ccccc2)=C2C1=Nc1c[c]ccc12. The van der Waals surface area contributed by atoms with E-state index in [-0.39, 0.29) is 12.0 Å². The molecule has 0 aromatic heterocycles. The molecule has 1 radical (unpaired) electrons. The average Bonchev–Trinajstić information content (AvgIpc) is 3.44. The van der Waals surface area contributed by atoms with Crippen molar-refractivity contribution in [1.29, 1.82) is 0 Å². The second-order valence-electron chi connectivity index (χ2n) is 12.1. The number of nitrogens with zero attached hydrogens (tertiary/aromatic N) is 2. The Hall–Kier alpha value is -4.38. The van der Waals surface area contributed by atoms with E-state index in [0.717, 1.165) is 63.2 Å². The van der Waals surface area contributed by atoms with Gasteiger partial charge in [0.25, 0.3) is 0 Å². The van der Waals surface area contributed by atoms with Gasteiger partial charge >= 0.3 is 0 Å². The van der Waals surface area contributed by atoms with Crippen molar-refractivity contribution in [3.63, 3.8) is 0 Å². The topological polar surface area (TPSA) is 34.0 Å². The minimum absolute atomic E-state index is 0.136. The van der Waals surface area contributed by atoms with Crippen LogP contribution in [0.5, 0.6) is 0 Å². The lowest BCUT2D eigenvalue weighted by atomic mass is 9.69. The molecular formula is C38H31F2N2O. The number of allylic oxidation sites excluding steroid dienone is 2. The lowest BCUT2D eigenvalue weighted by Crippen LogP contribution is -2.36. The Morgan fingerprint density at radius 3 is 2.70 bits per heavy atom. The summed E-state index contributed by atoms with van der Waals surface area (Å²) in [5.74, 6) is 0.541. The van der Waals surface area contributed by atoms with E-state index in [1.807, 2.05) is 42.6 Å². The third-order valence-corrected chi connectivity index (χ3v) is 9.67. The molecule has 0 bridgehead atoms. The van der Waals surface area contributed by atoms with Crippen molar-refractivity contribution < 1.29 is 13.5 Å². The second kappa shape index (κ2) is 10.4. The highest BCUT2D eigenvalue weighted by molar-refractivity contribution is 6.35. The Bertz CT molecular complexity index is 1870. The Labute approximate surface area is 250 Å². The molecule has 2 aliphatic carbocycles. The third kappa shape index (κ3) is 4.36. The fraction of sp³-hybridized carbons (Fsp3) is 0.263. The van der Waals surface area contributed by atoms with Gasteiger partial charge < -0.3 is 4.74 Å². The number of aryl methyl sites for hydroxylation is 1. The van der Waals surface area contributed by atoms with Crippen LogP contribution in [0.1, 0.15) is 52.6 Å². The number of benzene rings is 4. The van der Waals surface area contributed by atoms with Gasteiger partial charge in [0.05, 0.1) is 29.2 Å². The van der Waals surface area contributed by atoms with Crippen molar-refractivity contribution in [3.05, 3.63) is 124 Å². The second-order valence-corrected chi connectivity index (χ2v) is 12.1. The molecule has 0 N–H and O–H groups in total. The maximum absolute atomic E-state index is 13.7. The summed E-state index contributed by atoms with van der Waals surface area (Å²) in [6.07, 6.45) is 5.45. The highest BCUT2D eigenvalue weighted by atomic mass is 19.3. The molecule has 8 rings (SSSR count). The van der Waals surface area contributed by atoms with E-state index in [2.05, 4.69) is 55.5 Å². The van der Waals surface area contributed by atoms with E-state index in [4.69, 9.17) is 14.7 Å². The zero-order valence-corrected chi connectivity index (χ0v) is 23.9. The zero-order valence-electron chi connectivity index (χ0n) is 23.9. The molecule has 43 heavy (non-hydrogen) atoms. The van der Waals surface area contributed by atoms with Gasteiger partial charge in [0.1, 0.15) is 12.4 Å². The van der Waals surface area contributed by atoms with Crippen LogP contribution in [-0.4, -0.2) is 24.4 Å². The first-order valence-electron chi connectivity index (χ1n) is 15.1. The monoisotopic (exact) mass is 569 g/mol. The number of hydrogen-bond acceptors (Lipinski definition) is 3. The van der Waals surface area contributed by atoms with Crippen molar-refractivity contribution in [2.24, 2.45) is 21.8 Å². The highest BCUT2D eigenvalue weighted by Gasteiger charge is 2.42. The quantitative estimate of drug-likeness (QED) is 0.236. The molecule has 3 nitrogen and oxygen atoms in total. The molecule has 4 aromatic carbocycles. The smallest absolute Gasteiger partial charge is 0.245 e. The van der Waals surface area contributed by atoms with Gasteiger partial charge in [-0.25, -0.2) is 13.8 Å². The summed E-state index contributed by atoms with van der Waals surface area (Å²) in [6.45, 7) is 2.78. The lowest BCUT2D eigenvalue weighted by Gasteiger charge is -2.37. The Morgan fingerprint density at radius 2 is 1.84 bits per heavy atom. The third-order valence-electron chi connectivity index (χ3n) is 9.67. The molecule has 0 saturated carbocycles.